The minimum absolute atomic E-state index is 0.0692. The van der Waals surface area contributed by atoms with Crippen molar-refractivity contribution in [3.05, 3.63) is 70.4 Å². The Morgan fingerprint density at radius 1 is 1.00 bits per heavy atom. The summed E-state index contributed by atoms with van der Waals surface area (Å²) in [6.45, 7) is 3.21. The third-order valence-electron chi connectivity index (χ3n) is 4.23. The van der Waals surface area contributed by atoms with Crippen LogP contribution in [-0.4, -0.2) is 37.8 Å². The Balaban J connectivity index is 2.24. The summed E-state index contributed by atoms with van der Waals surface area (Å²) in [4.78, 5) is 25.2. The first-order valence-electron chi connectivity index (χ1n) is 8.62. The van der Waals surface area contributed by atoms with Crippen molar-refractivity contribution >= 4 is 39.3 Å². The smallest absolute Gasteiger partial charge is 0.359 e. The highest BCUT2D eigenvalue weighted by Gasteiger charge is 2.43. The van der Waals surface area contributed by atoms with Gasteiger partial charge >= 0.3 is 11.9 Å². The number of fused-ring (bicyclic) bond motifs is 1. The number of halogens is 1. The minimum Gasteiger partial charge on any atom is -0.464 e. The van der Waals surface area contributed by atoms with Gasteiger partial charge in [-0.05, 0) is 50.2 Å². The molecule has 3 rings (SSSR count). The molecular formula is C20H18ClNO6S. The topological polar surface area (TPSA) is 90.0 Å². The standard InChI is InChI=1S/C20H18ClNO6S/c1-12(2)22-17(20(24)27-3)18(15-6-4-5-7-16(15)29(22,25)26)28-19(23)13-8-10-14(21)11-9-13/h4-12H,1-3H3. The molecular weight excluding hydrogens is 418 g/mol. The lowest BCUT2D eigenvalue weighted by molar-refractivity contribution is -0.137. The second kappa shape index (κ2) is 7.88. The molecule has 0 spiro atoms. The highest BCUT2D eigenvalue weighted by molar-refractivity contribution is 7.89. The van der Waals surface area contributed by atoms with Gasteiger partial charge in [0, 0.05) is 16.6 Å². The number of rotatable bonds is 4. The molecule has 1 aliphatic heterocycles. The van der Waals surface area contributed by atoms with E-state index >= 15 is 0 Å². The molecule has 2 aromatic rings. The Morgan fingerprint density at radius 2 is 1.62 bits per heavy atom. The van der Waals surface area contributed by atoms with E-state index in [2.05, 4.69) is 0 Å². The molecule has 0 amide bonds. The van der Waals surface area contributed by atoms with Crippen molar-refractivity contribution in [3.8, 4) is 0 Å². The van der Waals surface area contributed by atoms with Gasteiger partial charge in [0.25, 0.3) is 10.0 Å². The van der Waals surface area contributed by atoms with Crippen molar-refractivity contribution in [1.29, 1.82) is 0 Å². The minimum atomic E-state index is -4.06. The van der Waals surface area contributed by atoms with Gasteiger partial charge in [-0.1, -0.05) is 23.7 Å². The van der Waals surface area contributed by atoms with Crippen molar-refractivity contribution in [3.63, 3.8) is 0 Å². The van der Waals surface area contributed by atoms with E-state index < -0.39 is 28.0 Å². The van der Waals surface area contributed by atoms with Gasteiger partial charge in [0.05, 0.1) is 17.6 Å². The van der Waals surface area contributed by atoms with Gasteiger partial charge in [-0.2, -0.15) is 0 Å². The van der Waals surface area contributed by atoms with E-state index in [-0.39, 0.29) is 27.5 Å². The third-order valence-corrected chi connectivity index (χ3v) is 6.51. The molecule has 0 aliphatic carbocycles. The zero-order valence-corrected chi connectivity index (χ0v) is 17.5. The summed E-state index contributed by atoms with van der Waals surface area (Å²) in [5.41, 5.74) is -0.0660. The van der Waals surface area contributed by atoms with E-state index in [9.17, 15) is 18.0 Å². The average Bonchev–Trinajstić information content (AvgIpc) is 2.69. The van der Waals surface area contributed by atoms with Crippen LogP contribution in [0.1, 0.15) is 29.8 Å². The SMILES string of the molecule is COC(=O)C1=C(OC(=O)c2ccc(Cl)cc2)c2ccccc2S(=O)(=O)N1C(C)C. The van der Waals surface area contributed by atoms with Crippen molar-refractivity contribution in [2.45, 2.75) is 24.8 Å². The fourth-order valence-electron chi connectivity index (χ4n) is 2.99. The number of carbonyl (C=O) groups is 2. The quantitative estimate of drug-likeness (QED) is 0.683. The number of esters is 2. The summed E-state index contributed by atoms with van der Waals surface area (Å²) < 4.78 is 37.5. The summed E-state index contributed by atoms with van der Waals surface area (Å²) >= 11 is 5.85. The number of methoxy groups -OCH3 is 1. The van der Waals surface area contributed by atoms with Crippen LogP contribution in [0, 0.1) is 0 Å². The van der Waals surface area contributed by atoms with E-state index in [4.69, 9.17) is 21.1 Å². The molecule has 0 fully saturated rings. The van der Waals surface area contributed by atoms with E-state index in [1.54, 1.807) is 26.0 Å². The van der Waals surface area contributed by atoms with Crippen LogP contribution in [0.3, 0.4) is 0 Å². The van der Waals surface area contributed by atoms with Gasteiger partial charge in [-0.25, -0.2) is 18.0 Å². The van der Waals surface area contributed by atoms with Crippen molar-refractivity contribution in [1.82, 2.24) is 4.31 Å². The van der Waals surface area contributed by atoms with Crippen LogP contribution in [0.4, 0.5) is 0 Å². The molecule has 0 unspecified atom stereocenters. The number of hydrogen-bond donors (Lipinski definition) is 0. The fourth-order valence-corrected chi connectivity index (χ4v) is 4.97. The van der Waals surface area contributed by atoms with Gasteiger partial charge < -0.3 is 9.47 Å². The molecule has 0 radical (unpaired) electrons. The maximum absolute atomic E-state index is 13.1. The maximum atomic E-state index is 13.1. The predicted molar refractivity (Wildman–Crippen MR) is 106 cm³/mol. The van der Waals surface area contributed by atoms with Crippen LogP contribution in [-0.2, 0) is 24.3 Å². The highest BCUT2D eigenvalue weighted by Crippen LogP contribution is 2.39. The lowest BCUT2D eigenvalue weighted by Crippen LogP contribution is -2.43. The lowest BCUT2D eigenvalue weighted by Gasteiger charge is -2.34. The van der Waals surface area contributed by atoms with Crippen LogP contribution in [0.5, 0.6) is 0 Å². The van der Waals surface area contributed by atoms with Gasteiger partial charge in [0.2, 0.25) is 0 Å². The molecule has 0 saturated heterocycles. The van der Waals surface area contributed by atoms with Crippen molar-refractivity contribution in [2.24, 2.45) is 0 Å². The first-order chi connectivity index (χ1) is 13.7. The Morgan fingerprint density at radius 3 is 2.21 bits per heavy atom. The number of hydrogen-bond acceptors (Lipinski definition) is 6. The third kappa shape index (κ3) is 3.73. The molecule has 1 aliphatic rings. The lowest BCUT2D eigenvalue weighted by atomic mass is 10.1. The summed E-state index contributed by atoms with van der Waals surface area (Å²) in [5, 5.41) is 0.441. The van der Waals surface area contributed by atoms with E-state index in [1.165, 1.54) is 36.4 Å². The van der Waals surface area contributed by atoms with Crippen LogP contribution in [0.15, 0.2) is 59.1 Å². The van der Waals surface area contributed by atoms with Crippen molar-refractivity contribution in [2.75, 3.05) is 7.11 Å². The highest BCUT2D eigenvalue weighted by atomic mass is 35.5. The maximum Gasteiger partial charge on any atom is 0.359 e. The zero-order valence-electron chi connectivity index (χ0n) is 15.9. The number of nitrogens with zero attached hydrogens (tertiary/aromatic N) is 1. The predicted octanol–water partition coefficient (Wildman–Crippen LogP) is 3.45. The molecule has 0 atom stereocenters. The molecule has 9 heteroatoms. The zero-order chi connectivity index (χ0) is 21.3. The normalized spacial score (nSPS) is 15.1. The largest absolute Gasteiger partial charge is 0.464 e. The van der Waals surface area contributed by atoms with E-state index in [0.29, 0.717) is 5.02 Å². The molecule has 29 heavy (non-hydrogen) atoms. The van der Waals surface area contributed by atoms with Gasteiger partial charge in [0.1, 0.15) is 0 Å². The van der Waals surface area contributed by atoms with Gasteiger partial charge in [-0.3, -0.25) is 4.31 Å². The molecule has 0 aromatic heterocycles. The summed E-state index contributed by atoms with van der Waals surface area (Å²) in [6, 6.07) is 11.3. The Labute approximate surface area is 173 Å². The average molecular weight is 436 g/mol. The first-order valence-corrected chi connectivity index (χ1v) is 10.4. The summed E-state index contributed by atoms with van der Waals surface area (Å²) in [5.74, 6) is -1.89. The number of ether oxygens (including phenoxy) is 2. The number of benzene rings is 2. The molecule has 0 bridgehead atoms. The molecule has 0 saturated carbocycles. The Bertz CT molecular complexity index is 1110. The fraction of sp³-hybridized carbons (Fsp3) is 0.200. The van der Waals surface area contributed by atoms with Gasteiger partial charge in [0.15, 0.2) is 11.5 Å². The molecule has 2 aromatic carbocycles. The van der Waals surface area contributed by atoms with Crippen LogP contribution >= 0.6 is 11.6 Å². The molecule has 152 valence electrons. The second-order valence-corrected chi connectivity index (χ2v) is 8.68. The van der Waals surface area contributed by atoms with Crippen LogP contribution in [0.25, 0.3) is 5.76 Å². The van der Waals surface area contributed by atoms with E-state index in [0.717, 1.165) is 11.4 Å². The van der Waals surface area contributed by atoms with E-state index in [1.807, 2.05) is 0 Å². The Hall–Kier alpha value is -2.84. The number of sulfonamides is 1. The van der Waals surface area contributed by atoms with Crippen molar-refractivity contribution < 1.29 is 27.5 Å². The monoisotopic (exact) mass is 435 g/mol. The first kappa shape index (κ1) is 20.9. The van der Waals surface area contributed by atoms with Gasteiger partial charge in [-0.15, -0.1) is 0 Å². The second-order valence-electron chi connectivity index (χ2n) is 6.46. The van der Waals surface area contributed by atoms with Crippen LogP contribution < -0.4 is 0 Å². The Kier molecular flexibility index (Phi) is 5.68. The molecule has 1 heterocycles. The summed E-state index contributed by atoms with van der Waals surface area (Å²) in [7, 11) is -2.93. The molecule has 0 N–H and O–H groups in total. The summed E-state index contributed by atoms with van der Waals surface area (Å²) in [6.07, 6.45) is 0. The number of carbonyl (C=O) groups excluding carboxylic acids is 2. The molecule has 7 nitrogen and oxygen atoms in total. The van der Waals surface area contributed by atoms with Crippen LogP contribution in [0.2, 0.25) is 5.02 Å².